The van der Waals surface area contributed by atoms with Crippen molar-refractivity contribution in [1.29, 1.82) is 0 Å². The summed E-state index contributed by atoms with van der Waals surface area (Å²) < 4.78 is 9.04. The zero-order chi connectivity index (χ0) is 19.7. The van der Waals surface area contributed by atoms with Gasteiger partial charge in [0.25, 0.3) is 0 Å². The highest BCUT2D eigenvalue weighted by atomic mass is 16.6. The lowest BCUT2D eigenvalue weighted by Crippen LogP contribution is -1.96. The molecule has 0 saturated carbocycles. The van der Waals surface area contributed by atoms with Crippen LogP contribution in [-0.4, -0.2) is 23.9 Å². The first-order valence-electron chi connectivity index (χ1n) is 8.02. The number of esters is 4. The minimum Gasteiger partial charge on any atom is -0.386 e. The number of allylic oxidation sites excluding steroid dienone is 2. The molecule has 2 heterocycles. The molecule has 0 amide bonds. The maximum atomic E-state index is 11.5. The molecule has 0 N–H and O–H groups in total. The number of fused-ring (bicyclic) bond motifs is 2. The van der Waals surface area contributed by atoms with Crippen molar-refractivity contribution < 1.29 is 28.7 Å². The Hall–Kier alpha value is -4.42. The molecule has 0 aromatic heterocycles. The normalized spacial score (nSPS) is 13.9. The molecule has 0 bridgehead atoms. The van der Waals surface area contributed by atoms with Gasteiger partial charge in [0.05, 0.1) is 22.3 Å². The van der Waals surface area contributed by atoms with Gasteiger partial charge >= 0.3 is 23.9 Å². The molecule has 2 aliphatic rings. The molecule has 2 aliphatic heterocycles. The van der Waals surface area contributed by atoms with Crippen LogP contribution in [0.1, 0.15) is 52.6 Å². The summed E-state index contributed by atoms with van der Waals surface area (Å²) in [6, 6.07) is 9.24. The minimum atomic E-state index is -0.676. The van der Waals surface area contributed by atoms with Crippen molar-refractivity contribution in [2.24, 2.45) is 0 Å². The van der Waals surface area contributed by atoms with Crippen LogP contribution in [0.5, 0.6) is 0 Å². The molecule has 6 heteroatoms. The molecule has 6 nitrogen and oxygen atoms in total. The van der Waals surface area contributed by atoms with Crippen LogP contribution in [0.2, 0.25) is 0 Å². The van der Waals surface area contributed by atoms with Crippen molar-refractivity contribution in [1.82, 2.24) is 0 Å². The second kappa shape index (κ2) is 6.71. The van der Waals surface area contributed by atoms with Crippen molar-refractivity contribution >= 4 is 23.9 Å². The number of hydrogen-bond donors (Lipinski definition) is 0. The number of ether oxygens (including phenoxy) is 2. The molecule has 4 rings (SSSR count). The first-order valence-corrected chi connectivity index (χ1v) is 8.02. The third-order valence-electron chi connectivity index (χ3n) is 3.97. The number of rotatable bonds is 0. The number of cyclic esters (lactones) is 4. The quantitative estimate of drug-likeness (QED) is 0.403. The average Bonchev–Trinajstić information content (AvgIpc) is 3.13. The van der Waals surface area contributed by atoms with E-state index < -0.39 is 23.9 Å². The Balaban J connectivity index is 1.46. The Morgan fingerprint density at radius 1 is 0.571 bits per heavy atom. The lowest BCUT2D eigenvalue weighted by molar-refractivity contribution is 0.0425. The van der Waals surface area contributed by atoms with Gasteiger partial charge < -0.3 is 9.47 Å². The Morgan fingerprint density at radius 2 is 0.964 bits per heavy atom. The van der Waals surface area contributed by atoms with E-state index in [0.717, 1.165) is 0 Å². The Kier molecular flexibility index (Phi) is 4.08. The zero-order valence-corrected chi connectivity index (χ0v) is 14.1. The zero-order valence-electron chi connectivity index (χ0n) is 14.1. The molecule has 0 aliphatic carbocycles. The Bertz CT molecular complexity index is 1140. The van der Waals surface area contributed by atoms with Crippen molar-refractivity contribution in [3.05, 3.63) is 81.9 Å². The van der Waals surface area contributed by atoms with E-state index >= 15 is 0 Å². The second-order valence-corrected chi connectivity index (χ2v) is 5.75. The summed E-state index contributed by atoms with van der Waals surface area (Å²) in [6.07, 6.45) is 3.05. The summed E-state index contributed by atoms with van der Waals surface area (Å²) in [6.45, 7) is 0. The van der Waals surface area contributed by atoms with Crippen LogP contribution >= 0.6 is 0 Å². The van der Waals surface area contributed by atoms with Crippen LogP contribution < -0.4 is 0 Å². The summed E-state index contributed by atoms with van der Waals surface area (Å²) in [5.74, 6) is 8.54. The van der Waals surface area contributed by atoms with Crippen molar-refractivity contribution in [3.8, 4) is 23.7 Å². The third kappa shape index (κ3) is 3.07. The van der Waals surface area contributed by atoms with Crippen LogP contribution in [0.25, 0.3) is 0 Å². The summed E-state index contributed by atoms with van der Waals surface area (Å²) >= 11 is 0. The second-order valence-electron chi connectivity index (χ2n) is 5.75. The van der Waals surface area contributed by atoms with E-state index in [1.54, 1.807) is 12.1 Å². The van der Waals surface area contributed by atoms with Crippen LogP contribution in [0.4, 0.5) is 0 Å². The third-order valence-corrected chi connectivity index (χ3v) is 3.97. The van der Waals surface area contributed by atoms with Gasteiger partial charge in [0.15, 0.2) is 0 Å². The molecule has 0 atom stereocenters. The maximum Gasteiger partial charge on any atom is 0.346 e. The highest BCUT2D eigenvalue weighted by Gasteiger charge is 2.30. The number of benzene rings is 2. The van der Waals surface area contributed by atoms with Crippen molar-refractivity contribution in [2.45, 2.75) is 0 Å². The molecule has 0 radical (unpaired) electrons. The smallest absolute Gasteiger partial charge is 0.346 e. The summed E-state index contributed by atoms with van der Waals surface area (Å²) in [7, 11) is 0. The average molecular weight is 368 g/mol. The fourth-order valence-electron chi connectivity index (χ4n) is 2.66. The van der Waals surface area contributed by atoms with Crippen LogP contribution in [-0.2, 0) is 9.47 Å². The molecular formula is C22H8O6. The van der Waals surface area contributed by atoms with Crippen LogP contribution in [0.3, 0.4) is 0 Å². The Labute approximate surface area is 158 Å². The van der Waals surface area contributed by atoms with E-state index in [9.17, 15) is 19.2 Å². The number of hydrogen-bond acceptors (Lipinski definition) is 6. The maximum absolute atomic E-state index is 11.5. The molecule has 0 fully saturated rings. The molecule has 2 aromatic carbocycles. The van der Waals surface area contributed by atoms with E-state index in [1.807, 2.05) is 0 Å². The first-order chi connectivity index (χ1) is 13.5. The molecule has 0 unspecified atom stereocenters. The van der Waals surface area contributed by atoms with Crippen molar-refractivity contribution in [3.63, 3.8) is 0 Å². The molecular weight excluding hydrogens is 360 g/mol. The topological polar surface area (TPSA) is 86.7 Å². The fraction of sp³-hybridized carbons (Fsp3) is 0. The number of carbonyl (C=O) groups is 4. The molecule has 2 aromatic rings. The number of carbonyl (C=O) groups excluding carboxylic acids is 4. The van der Waals surface area contributed by atoms with Gasteiger partial charge in [-0.1, -0.05) is 23.7 Å². The van der Waals surface area contributed by atoms with Gasteiger partial charge in [0, 0.05) is 11.1 Å². The first kappa shape index (κ1) is 17.0. The van der Waals surface area contributed by atoms with Crippen LogP contribution in [0.15, 0.2) is 48.6 Å². The standard InChI is InChI=1S/C22H8O6/c23-19-15-9-7-13(11-17(15)21(25)27-19)5-3-1-2-4-6-14-8-10-16-18(12-14)22(26)28-20(16)24/h1-2,7-12H. The lowest BCUT2D eigenvalue weighted by Gasteiger charge is -1.93. The molecule has 28 heavy (non-hydrogen) atoms. The molecule has 132 valence electrons. The van der Waals surface area contributed by atoms with Crippen molar-refractivity contribution in [2.75, 3.05) is 0 Å². The predicted octanol–water partition coefficient (Wildman–Crippen LogP) is 2.27. The monoisotopic (exact) mass is 368 g/mol. The van der Waals surface area contributed by atoms with Crippen LogP contribution in [0, 0.1) is 23.7 Å². The van der Waals surface area contributed by atoms with E-state index in [-0.39, 0.29) is 22.3 Å². The summed E-state index contributed by atoms with van der Waals surface area (Å²) in [4.78, 5) is 45.8. The van der Waals surface area contributed by atoms with Gasteiger partial charge in [0.2, 0.25) is 0 Å². The minimum absolute atomic E-state index is 0.203. The van der Waals surface area contributed by atoms with Gasteiger partial charge in [-0.15, -0.1) is 0 Å². The molecule has 0 saturated heterocycles. The van der Waals surface area contributed by atoms with E-state index in [4.69, 9.17) is 0 Å². The lowest BCUT2D eigenvalue weighted by atomic mass is 10.1. The fourth-order valence-corrected chi connectivity index (χ4v) is 2.66. The molecule has 0 spiro atoms. The highest BCUT2D eigenvalue weighted by Crippen LogP contribution is 2.21. The summed E-state index contributed by atoms with van der Waals surface area (Å²) in [5.41, 5.74) is 1.99. The summed E-state index contributed by atoms with van der Waals surface area (Å²) in [5, 5.41) is 0. The van der Waals surface area contributed by atoms with Gasteiger partial charge in [0.1, 0.15) is 0 Å². The Morgan fingerprint density at radius 3 is 1.39 bits per heavy atom. The highest BCUT2D eigenvalue weighted by molar-refractivity contribution is 6.15. The van der Waals surface area contributed by atoms with E-state index in [0.29, 0.717) is 11.1 Å². The van der Waals surface area contributed by atoms with Gasteiger partial charge in [-0.25, -0.2) is 19.2 Å². The van der Waals surface area contributed by atoms with E-state index in [2.05, 4.69) is 33.2 Å². The van der Waals surface area contributed by atoms with Gasteiger partial charge in [-0.3, -0.25) is 0 Å². The van der Waals surface area contributed by atoms with Gasteiger partial charge in [-0.2, -0.15) is 0 Å². The van der Waals surface area contributed by atoms with E-state index in [1.165, 1.54) is 36.4 Å². The SMILES string of the molecule is O=C1OC(=O)c2cc(C#CC=CC#Cc3ccc4c(c3)C(=O)OC4=O)ccc21. The largest absolute Gasteiger partial charge is 0.386 e. The van der Waals surface area contributed by atoms with Gasteiger partial charge in [-0.05, 0) is 48.6 Å². The predicted molar refractivity (Wildman–Crippen MR) is 95.3 cm³/mol.